The minimum atomic E-state index is -1.28. The second-order valence-corrected chi connectivity index (χ2v) is 13.1. The van der Waals surface area contributed by atoms with Gasteiger partial charge in [0.15, 0.2) is 0 Å². The van der Waals surface area contributed by atoms with Gasteiger partial charge in [0.05, 0.1) is 17.5 Å². The molecule has 0 unspecified atom stereocenters. The molecule has 1 N–H and O–H groups in total. The summed E-state index contributed by atoms with van der Waals surface area (Å²) in [6.45, 7) is 7.26. The number of thiophene rings is 1. The Morgan fingerprint density at radius 3 is 2.52 bits per heavy atom. The Balaban J connectivity index is 1.39. The molecule has 0 spiro atoms. The van der Waals surface area contributed by atoms with E-state index in [1.54, 1.807) is 24.3 Å². The lowest BCUT2D eigenvalue weighted by Gasteiger charge is -2.32. The standard InChI is InChI=1S/C36H36ClFN4O5S/c1-22-26(12-13-28(32(22)37)46-19-18-42-16-14-41(2)15-17-42)30-31-34(47-29(36(43)44)20-24-6-4-5-7-27(24)45-3)39-21-40-35(31)48-33(30)23-8-10-25(38)11-9-23/h4-13,21,29H,14-20H2,1-3H3,(H,43,44)/t29-/m1/s1. The van der Waals surface area contributed by atoms with Crippen molar-refractivity contribution >= 4 is 39.1 Å². The second-order valence-electron chi connectivity index (χ2n) is 11.7. The van der Waals surface area contributed by atoms with Crippen LogP contribution in [0.3, 0.4) is 0 Å². The Kier molecular flexibility index (Phi) is 10.4. The number of aliphatic carboxylic acids is 1. The summed E-state index contributed by atoms with van der Waals surface area (Å²) in [4.78, 5) is 27.5. The average molecular weight is 691 g/mol. The number of ether oxygens (including phenoxy) is 3. The number of rotatable bonds is 12. The summed E-state index contributed by atoms with van der Waals surface area (Å²) in [6.07, 6.45) is 0.119. The fourth-order valence-corrected chi connectivity index (χ4v) is 7.21. The number of fused-ring (bicyclic) bond motifs is 1. The SMILES string of the molecule is COc1ccccc1C[C@@H](Oc1ncnc2sc(-c3ccc(F)cc3)c(-c3ccc(OCCN4CCN(C)CC4)c(Cl)c3C)c12)C(=O)O. The van der Waals surface area contributed by atoms with Gasteiger partial charge in [-0.15, -0.1) is 11.3 Å². The summed E-state index contributed by atoms with van der Waals surface area (Å²) in [6, 6.07) is 17.2. The number of piperazine rings is 1. The third kappa shape index (κ3) is 7.24. The zero-order chi connectivity index (χ0) is 33.8. The summed E-state index contributed by atoms with van der Waals surface area (Å²) >= 11 is 8.35. The molecule has 6 rings (SSSR count). The number of nitrogens with zero attached hydrogens (tertiary/aromatic N) is 4. The summed E-state index contributed by atoms with van der Waals surface area (Å²) in [7, 11) is 3.67. The number of hydrogen-bond donors (Lipinski definition) is 1. The number of halogens is 2. The van der Waals surface area contributed by atoms with Crippen LogP contribution in [0.5, 0.6) is 17.4 Å². The maximum absolute atomic E-state index is 14.0. The third-order valence-electron chi connectivity index (χ3n) is 8.57. The van der Waals surface area contributed by atoms with E-state index in [0.29, 0.717) is 44.5 Å². The largest absolute Gasteiger partial charge is 0.496 e. The van der Waals surface area contributed by atoms with E-state index in [1.807, 2.05) is 31.2 Å². The van der Waals surface area contributed by atoms with E-state index in [4.69, 9.17) is 25.8 Å². The Hall–Kier alpha value is -4.29. The van der Waals surface area contributed by atoms with Crippen molar-refractivity contribution < 1.29 is 28.5 Å². The Morgan fingerprint density at radius 1 is 1.04 bits per heavy atom. The van der Waals surface area contributed by atoms with E-state index in [9.17, 15) is 14.3 Å². The van der Waals surface area contributed by atoms with Gasteiger partial charge in [-0.05, 0) is 60.5 Å². The molecule has 1 aliphatic heterocycles. The van der Waals surface area contributed by atoms with Crippen molar-refractivity contribution in [3.8, 4) is 38.9 Å². The molecular formula is C36H36ClFN4O5S. The predicted octanol–water partition coefficient (Wildman–Crippen LogP) is 6.84. The van der Waals surface area contributed by atoms with Crippen LogP contribution in [-0.4, -0.2) is 90.4 Å². The van der Waals surface area contributed by atoms with Gasteiger partial charge >= 0.3 is 5.97 Å². The number of carboxylic acid groups (broad SMARTS) is 1. The van der Waals surface area contributed by atoms with Crippen molar-refractivity contribution in [2.24, 2.45) is 0 Å². The highest BCUT2D eigenvalue weighted by Crippen LogP contribution is 2.49. The molecule has 1 atom stereocenters. The molecule has 3 heterocycles. The zero-order valence-corrected chi connectivity index (χ0v) is 28.5. The zero-order valence-electron chi connectivity index (χ0n) is 26.9. The molecule has 12 heteroatoms. The smallest absolute Gasteiger partial charge is 0.345 e. The van der Waals surface area contributed by atoms with Crippen molar-refractivity contribution in [1.29, 1.82) is 0 Å². The number of benzene rings is 3. The summed E-state index contributed by atoms with van der Waals surface area (Å²) in [5.74, 6) is -0.259. The molecule has 250 valence electrons. The lowest BCUT2D eigenvalue weighted by Crippen LogP contribution is -2.45. The maximum atomic E-state index is 14.0. The monoisotopic (exact) mass is 690 g/mol. The van der Waals surface area contributed by atoms with Gasteiger partial charge in [0.2, 0.25) is 12.0 Å². The highest BCUT2D eigenvalue weighted by atomic mass is 35.5. The number of aromatic nitrogens is 2. The molecule has 48 heavy (non-hydrogen) atoms. The van der Waals surface area contributed by atoms with E-state index in [-0.39, 0.29) is 18.1 Å². The first-order valence-corrected chi connectivity index (χ1v) is 16.8. The van der Waals surface area contributed by atoms with Gasteiger partial charge in [-0.2, -0.15) is 0 Å². The molecule has 1 aliphatic rings. The molecule has 3 aromatic carbocycles. The van der Waals surface area contributed by atoms with Gasteiger partial charge < -0.3 is 24.2 Å². The highest BCUT2D eigenvalue weighted by molar-refractivity contribution is 7.22. The van der Waals surface area contributed by atoms with Crippen LogP contribution >= 0.6 is 22.9 Å². The van der Waals surface area contributed by atoms with Crippen LogP contribution in [-0.2, 0) is 11.2 Å². The molecule has 2 aromatic heterocycles. The van der Waals surface area contributed by atoms with Crippen molar-refractivity contribution in [3.63, 3.8) is 0 Å². The van der Waals surface area contributed by atoms with Crippen molar-refractivity contribution in [2.75, 3.05) is 53.5 Å². The molecule has 1 saturated heterocycles. The number of para-hydroxylation sites is 1. The average Bonchev–Trinajstić information content (AvgIpc) is 3.48. The summed E-state index contributed by atoms with van der Waals surface area (Å²) in [5, 5.41) is 11.2. The lowest BCUT2D eigenvalue weighted by molar-refractivity contribution is -0.145. The molecule has 0 aliphatic carbocycles. The topological polar surface area (TPSA) is 97.3 Å². The minimum absolute atomic E-state index is 0.0418. The van der Waals surface area contributed by atoms with Crippen LogP contribution in [0.15, 0.2) is 67.0 Å². The van der Waals surface area contributed by atoms with Crippen molar-refractivity contribution in [2.45, 2.75) is 19.4 Å². The Labute approximate surface area is 287 Å². The van der Waals surface area contributed by atoms with Gasteiger partial charge in [-0.3, -0.25) is 4.90 Å². The molecule has 0 amide bonds. The van der Waals surface area contributed by atoms with Crippen LogP contribution in [0.2, 0.25) is 5.02 Å². The Bertz CT molecular complexity index is 1910. The van der Waals surface area contributed by atoms with Gasteiger partial charge in [0.1, 0.15) is 35.1 Å². The predicted molar refractivity (Wildman–Crippen MR) is 186 cm³/mol. The minimum Gasteiger partial charge on any atom is -0.496 e. The first-order valence-electron chi connectivity index (χ1n) is 15.6. The van der Waals surface area contributed by atoms with E-state index in [2.05, 4.69) is 26.8 Å². The molecule has 9 nitrogen and oxygen atoms in total. The van der Waals surface area contributed by atoms with Crippen LogP contribution in [0, 0.1) is 12.7 Å². The highest BCUT2D eigenvalue weighted by Gasteiger charge is 2.28. The fraction of sp³-hybridized carbons (Fsp3) is 0.306. The van der Waals surface area contributed by atoms with E-state index >= 15 is 0 Å². The van der Waals surface area contributed by atoms with E-state index in [1.165, 1.54) is 36.9 Å². The van der Waals surface area contributed by atoms with Gasteiger partial charge in [-0.1, -0.05) is 48.0 Å². The molecule has 1 fully saturated rings. The Morgan fingerprint density at radius 2 is 1.79 bits per heavy atom. The maximum Gasteiger partial charge on any atom is 0.345 e. The first-order chi connectivity index (χ1) is 23.2. The van der Waals surface area contributed by atoms with E-state index in [0.717, 1.165) is 54.3 Å². The van der Waals surface area contributed by atoms with Gasteiger partial charge in [-0.25, -0.2) is 19.2 Å². The second kappa shape index (κ2) is 14.9. The molecule has 0 radical (unpaired) electrons. The number of hydrogen-bond acceptors (Lipinski definition) is 9. The fourth-order valence-electron chi connectivity index (χ4n) is 5.84. The van der Waals surface area contributed by atoms with Crippen molar-refractivity contribution in [3.05, 3.63) is 89.0 Å². The van der Waals surface area contributed by atoms with Gasteiger partial charge in [0, 0.05) is 49.6 Å². The van der Waals surface area contributed by atoms with Crippen LogP contribution in [0.4, 0.5) is 4.39 Å². The number of carboxylic acids is 1. The van der Waals surface area contributed by atoms with Gasteiger partial charge in [0.25, 0.3) is 0 Å². The first kappa shape index (κ1) is 33.6. The molecule has 0 saturated carbocycles. The number of methoxy groups -OCH3 is 1. The number of carbonyl (C=O) groups is 1. The molecule has 0 bridgehead atoms. The quantitative estimate of drug-likeness (QED) is 0.151. The van der Waals surface area contributed by atoms with E-state index < -0.39 is 12.1 Å². The molecular weight excluding hydrogens is 655 g/mol. The summed E-state index contributed by atoms with van der Waals surface area (Å²) < 4.78 is 31.8. The van der Waals surface area contributed by atoms with Crippen LogP contribution in [0.1, 0.15) is 11.1 Å². The lowest BCUT2D eigenvalue weighted by atomic mass is 9.96. The normalized spacial score (nSPS) is 14.6. The molecule has 5 aromatic rings. The van der Waals surface area contributed by atoms with Crippen LogP contribution in [0.25, 0.3) is 31.8 Å². The van der Waals surface area contributed by atoms with Crippen LogP contribution < -0.4 is 14.2 Å². The third-order valence-corrected chi connectivity index (χ3v) is 10.2. The summed E-state index contributed by atoms with van der Waals surface area (Å²) in [5.41, 5.74) is 3.68. The number of likely N-dealkylation sites (N-methyl/N-ethyl adjacent to an activating group) is 1. The van der Waals surface area contributed by atoms with Crippen molar-refractivity contribution in [1.82, 2.24) is 19.8 Å².